The number of phenols is 2. The number of anilines is 2. The van der Waals surface area contributed by atoms with Gasteiger partial charge in [0.2, 0.25) is 0 Å². The third-order valence-electron chi connectivity index (χ3n) is 12.1. The zero-order chi connectivity index (χ0) is 49.9. The van der Waals surface area contributed by atoms with Crippen LogP contribution < -0.4 is 40.2 Å². The van der Waals surface area contributed by atoms with Gasteiger partial charge < -0.3 is 40.6 Å². The van der Waals surface area contributed by atoms with Gasteiger partial charge >= 0.3 is 12.1 Å². The van der Waals surface area contributed by atoms with Crippen LogP contribution in [0, 0.1) is 0 Å². The molecule has 0 radical (unpaired) electrons. The second kappa shape index (κ2) is 18.0. The van der Waals surface area contributed by atoms with E-state index in [0.717, 1.165) is 9.80 Å². The maximum absolute atomic E-state index is 14.2. The van der Waals surface area contributed by atoms with Crippen LogP contribution in [0.3, 0.4) is 0 Å². The third kappa shape index (κ3) is 7.91. The number of nitrogens with two attached hydrogens (primary N) is 2. The van der Waals surface area contributed by atoms with Crippen LogP contribution in [0.15, 0.2) is 121 Å². The molecule has 6 N–H and O–H groups in total. The van der Waals surface area contributed by atoms with Crippen LogP contribution in [0.4, 0.5) is 21.0 Å². The number of amides is 6. The van der Waals surface area contributed by atoms with E-state index in [4.69, 9.17) is 53.6 Å². The van der Waals surface area contributed by atoms with Crippen molar-refractivity contribution in [2.24, 2.45) is 11.5 Å². The largest absolute Gasteiger partial charge is 0.507 e. The Labute approximate surface area is 408 Å². The van der Waals surface area contributed by atoms with E-state index < -0.39 is 29.7 Å². The van der Waals surface area contributed by atoms with Crippen molar-refractivity contribution in [2.45, 2.75) is 0 Å². The quantitative estimate of drug-likeness (QED) is 0.101. The number of urea groups is 2. The first-order valence-corrected chi connectivity index (χ1v) is 21.8. The molecule has 8 aromatic rings. The molecule has 15 nitrogen and oxygen atoms in total. The number of carbonyl (C=O) groups is 5. The molecule has 0 bridgehead atoms. The number of carbonyl (C=O) groups excluding carboxylic acids is 5. The number of rotatable bonds is 10. The van der Waals surface area contributed by atoms with Gasteiger partial charge in [-0.2, -0.15) is 0 Å². The minimum absolute atomic E-state index is 0.00279. The molecule has 0 spiro atoms. The maximum atomic E-state index is 14.2. The van der Waals surface area contributed by atoms with Crippen molar-refractivity contribution in [3.8, 4) is 67.9 Å². The number of halogens is 2. The number of ether oxygens (including phenoxy) is 4. The highest BCUT2D eigenvalue weighted by molar-refractivity contribution is 6.33. The van der Waals surface area contributed by atoms with Crippen molar-refractivity contribution in [3.63, 3.8) is 0 Å². The molecule has 9 rings (SSSR count). The summed E-state index contributed by atoms with van der Waals surface area (Å²) in [4.78, 5) is 70.2. The number of hydrogen-bond donors (Lipinski definition) is 4. The van der Waals surface area contributed by atoms with Gasteiger partial charge in [-0.15, -0.1) is 0 Å². The van der Waals surface area contributed by atoms with Crippen LogP contribution in [0.1, 0.15) is 36.6 Å². The Balaban J connectivity index is 1.01. The van der Waals surface area contributed by atoms with Crippen molar-refractivity contribution < 1.29 is 53.1 Å². The fraction of sp³-hybridized carbons (Fsp3) is 0.0755. The minimum Gasteiger partial charge on any atom is -0.507 e. The summed E-state index contributed by atoms with van der Waals surface area (Å²) >= 11 is 12.9. The lowest BCUT2D eigenvalue weighted by molar-refractivity contribution is 0.0986. The first-order valence-electron chi connectivity index (χ1n) is 21.0. The molecule has 1 aliphatic rings. The average molecular weight is 978 g/mol. The number of fused-ring (bicyclic) bond motifs is 5. The lowest BCUT2D eigenvalue weighted by Crippen LogP contribution is -2.41. The summed E-state index contributed by atoms with van der Waals surface area (Å²) < 4.78 is 21.7. The van der Waals surface area contributed by atoms with E-state index in [-0.39, 0.29) is 55.2 Å². The van der Waals surface area contributed by atoms with Crippen LogP contribution in [0.2, 0.25) is 10.0 Å². The van der Waals surface area contributed by atoms with E-state index >= 15 is 0 Å². The molecule has 0 aromatic heterocycles. The average Bonchev–Trinajstić information content (AvgIpc) is 3.62. The highest BCUT2D eigenvalue weighted by Gasteiger charge is 2.33. The molecule has 70 heavy (non-hydrogen) atoms. The number of primary amides is 2. The van der Waals surface area contributed by atoms with E-state index in [1.54, 1.807) is 60.7 Å². The van der Waals surface area contributed by atoms with E-state index in [2.05, 4.69) is 0 Å². The maximum Gasteiger partial charge on any atom is 0.326 e. The predicted octanol–water partition coefficient (Wildman–Crippen LogP) is 10.7. The number of aromatic hydroxyl groups is 2. The monoisotopic (exact) mass is 976 g/mol. The molecule has 0 heterocycles. The van der Waals surface area contributed by atoms with E-state index in [1.807, 2.05) is 0 Å². The highest BCUT2D eigenvalue weighted by atomic mass is 35.5. The summed E-state index contributed by atoms with van der Waals surface area (Å²) in [5.74, 6) is -0.850. The van der Waals surface area contributed by atoms with Gasteiger partial charge in [0.15, 0.2) is 5.78 Å². The molecular formula is C53H38Cl2N4O11. The normalized spacial score (nSPS) is 11.5. The van der Waals surface area contributed by atoms with Crippen LogP contribution in [0.5, 0.6) is 34.5 Å². The molecular weight excluding hydrogens is 940 g/mol. The number of imide groups is 2. The first kappa shape index (κ1) is 46.3. The van der Waals surface area contributed by atoms with Crippen molar-refractivity contribution in [1.29, 1.82) is 0 Å². The summed E-state index contributed by atoms with van der Waals surface area (Å²) in [6.07, 6.45) is 0. The van der Waals surface area contributed by atoms with Gasteiger partial charge in [0.1, 0.15) is 34.5 Å². The van der Waals surface area contributed by atoms with Gasteiger partial charge in [0.25, 0.3) is 11.8 Å². The molecule has 0 aliphatic heterocycles. The molecule has 0 atom stereocenters. The zero-order valence-electron chi connectivity index (χ0n) is 37.4. The van der Waals surface area contributed by atoms with E-state index in [9.17, 15) is 34.2 Å². The van der Waals surface area contributed by atoms with Crippen molar-refractivity contribution in [2.75, 3.05) is 38.2 Å². The Morgan fingerprint density at radius 1 is 0.429 bits per heavy atom. The number of ketones is 1. The molecule has 8 aromatic carbocycles. The van der Waals surface area contributed by atoms with Gasteiger partial charge in [0.05, 0.1) is 49.9 Å². The summed E-state index contributed by atoms with van der Waals surface area (Å²) in [6, 6.07) is 28.4. The minimum atomic E-state index is -1.12. The Hall–Kier alpha value is -8.79. The number of phenolic OH excluding ortho intramolecular Hbond substituents is 2. The summed E-state index contributed by atoms with van der Waals surface area (Å²) in [5.41, 5.74) is 14.5. The SMILES string of the molecule is COc1cc(OC)c(-c2cc3cc(C(=O)N(C(N)=O)c4ccc5c(c4)C(=O)c4cc(N(C(N)=O)C(=O)c6ccc7cc(O)c(-c8cc(Cl)c(OC)cc8OC)cc7c6)ccc4-5)ccc3cc2O)cc1Cl. The standard InChI is InChI=1S/C53H38Cl2N4O11/c1-67-45-23-47(69-3)41(54)21-37(45)35-15-29-13-27(7-5-25(29)17-43(35)60)50(63)58(52(56)65)31-9-11-33-34-12-10-32(20-40(34)49(62)39(33)19-31)59(53(57)66)51(64)28-8-6-26-18-44(61)36(16-30(26)14-28)38-22-42(55)48(70-4)24-46(38)68-2/h5-24,60-61H,1-4H3,(H2,56,65)(H2,57,66). The third-order valence-corrected chi connectivity index (χ3v) is 12.7. The Bertz CT molecular complexity index is 3370. The fourth-order valence-corrected chi connectivity index (χ4v) is 9.17. The van der Waals surface area contributed by atoms with Crippen molar-refractivity contribution in [3.05, 3.63) is 154 Å². The number of nitrogens with zero attached hydrogens (tertiary/aromatic N) is 2. The van der Waals surface area contributed by atoms with Crippen molar-refractivity contribution >= 4 is 85.8 Å². The first-order chi connectivity index (χ1) is 33.5. The van der Waals surface area contributed by atoms with Crippen LogP contribution in [-0.2, 0) is 0 Å². The Morgan fingerprint density at radius 2 is 0.814 bits per heavy atom. The Morgan fingerprint density at radius 3 is 1.17 bits per heavy atom. The second-order valence-electron chi connectivity index (χ2n) is 16.0. The molecule has 0 unspecified atom stereocenters. The van der Waals surface area contributed by atoms with E-state index in [0.29, 0.717) is 77.9 Å². The fourth-order valence-electron chi connectivity index (χ4n) is 8.69. The second-order valence-corrected chi connectivity index (χ2v) is 16.8. The summed E-state index contributed by atoms with van der Waals surface area (Å²) in [5, 5.41) is 24.8. The predicted molar refractivity (Wildman–Crippen MR) is 266 cm³/mol. The van der Waals surface area contributed by atoms with Gasteiger partial charge in [-0.3, -0.25) is 14.4 Å². The van der Waals surface area contributed by atoms with Gasteiger partial charge in [-0.05, 0) is 118 Å². The van der Waals surface area contributed by atoms with Crippen LogP contribution in [0.25, 0.3) is 54.9 Å². The van der Waals surface area contributed by atoms with Crippen molar-refractivity contribution in [1.82, 2.24) is 0 Å². The number of benzene rings is 8. The smallest absolute Gasteiger partial charge is 0.326 e. The Kier molecular flexibility index (Phi) is 11.9. The number of hydrogen-bond acceptors (Lipinski definition) is 11. The van der Waals surface area contributed by atoms with Gasteiger partial charge in [0, 0.05) is 56.6 Å². The molecule has 0 fully saturated rings. The van der Waals surface area contributed by atoms with Gasteiger partial charge in [-0.25, -0.2) is 19.4 Å². The molecule has 1 aliphatic carbocycles. The molecule has 0 saturated heterocycles. The molecule has 17 heteroatoms. The lowest BCUT2D eigenvalue weighted by Gasteiger charge is -2.20. The van der Waals surface area contributed by atoms with Crippen LogP contribution in [-0.4, -0.2) is 68.3 Å². The molecule has 6 amide bonds. The summed E-state index contributed by atoms with van der Waals surface area (Å²) in [7, 11) is 5.84. The highest BCUT2D eigenvalue weighted by Crippen LogP contribution is 2.46. The lowest BCUT2D eigenvalue weighted by atomic mass is 9.97. The summed E-state index contributed by atoms with van der Waals surface area (Å²) in [6.45, 7) is 0. The van der Waals surface area contributed by atoms with Crippen LogP contribution >= 0.6 is 23.2 Å². The zero-order valence-corrected chi connectivity index (χ0v) is 38.9. The van der Waals surface area contributed by atoms with E-state index in [1.165, 1.54) is 89.1 Å². The molecule has 0 saturated carbocycles. The topological polar surface area (TPSA) is 221 Å². The molecule has 350 valence electrons. The number of methoxy groups -OCH3 is 4. The van der Waals surface area contributed by atoms with Gasteiger partial charge in [-0.1, -0.05) is 47.5 Å².